The average Bonchev–Trinajstić information content (AvgIpc) is 2.61. The highest BCUT2D eigenvalue weighted by Crippen LogP contribution is 2.24. The first-order chi connectivity index (χ1) is 11.3. The number of aryl methyl sites for hydroxylation is 1. The predicted molar refractivity (Wildman–Crippen MR) is 90.3 cm³/mol. The van der Waals surface area contributed by atoms with Crippen molar-refractivity contribution in [1.29, 1.82) is 0 Å². The number of benzene rings is 1. The van der Waals surface area contributed by atoms with Crippen molar-refractivity contribution in [3.63, 3.8) is 0 Å². The molecule has 0 saturated heterocycles. The molecule has 1 N–H and O–H groups in total. The summed E-state index contributed by atoms with van der Waals surface area (Å²) in [4.78, 5) is 13.1. The Bertz CT molecular complexity index is 790. The summed E-state index contributed by atoms with van der Waals surface area (Å²) in [6.45, 7) is 2.76. The topological polar surface area (TPSA) is 59.9 Å². The van der Waals surface area contributed by atoms with Crippen LogP contribution in [-0.2, 0) is 6.54 Å². The van der Waals surface area contributed by atoms with Crippen molar-refractivity contribution in [2.75, 3.05) is 12.4 Å². The first-order valence-corrected chi connectivity index (χ1v) is 7.39. The van der Waals surface area contributed by atoms with Crippen LogP contribution in [0.3, 0.4) is 0 Å². The maximum atomic E-state index is 5.35. The van der Waals surface area contributed by atoms with Crippen LogP contribution in [0.25, 0.3) is 11.5 Å². The summed E-state index contributed by atoms with van der Waals surface area (Å²) >= 11 is 0. The van der Waals surface area contributed by atoms with Crippen LogP contribution in [0.2, 0.25) is 0 Å². The molecule has 0 unspecified atom stereocenters. The molecule has 0 atom stereocenters. The zero-order chi connectivity index (χ0) is 16.1. The van der Waals surface area contributed by atoms with Gasteiger partial charge in [0.1, 0.15) is 5.69 Å². The first kappa shape index (κ1) is 15.0. The van der Waals surface area contributed by atoms with E-state index in [1.807, 2.05) is 30.3 Å². The molecule has 5 heteroatoms. The molecule has 116 valence electrons. The van der Waals surface area contributed by atoms with Crippen molar-refractivity contribution in [3.8, 4) is 17.3 Å². The van der Waals surface area contributed by atoms with Crippen LogP contribution in [0.5, 0.6) is 5.75 Å². The number of rotatable bonds is 5. The molecule has 3 aromatic rings. The zero-order valence-corrected chi connectivity index (χ0v) is 13.2. The lowest BCUT2D eigenvalue weighted by molar-refractivity contribution is 0.413. The standard InChI is InChI=1S/C18H18N4O/c1-13-7-3-4-8-14(13)11-20-18-16(23-2)12-21-17(22-18)15-9-5-6-10-19-15/h3-10,12H,11H2,1-2H3,(H,20,21,22). The summed E-state index contributed by atoms with van der Waals surface area (Å²) in [5.41, 5.74) is 3.18. The molecule has 23 heavy (non-hydrogen) atoms. The monoisotopic (exact) mass is 306 g/mol. The van der Waals surface area contributed by atoms with Crippen molar-refractivity contribution in [2.45, 2.75) is 13.5 Å². The van der Waals surface area contributed by atoms with Crippen molar-refractivity contribution in [1.82, 2.24) is 15.0 Å². The summed E-state index contributed by atoms with van der Waals surface area (Å²) in [6.07, 6.45) is 3.39. The summed E-state index contributed by atoms with van der Waals surface area (Å²) in [7, 11) is 1.61. The minimum Gasteiger partial charge on any atom is -0.491 e. The number of hydrogen-bond donors (Lipinski definition) is 1. The maximum Gasteiger partial charge on any atom is 0.180 e. The second-order valence-corrected chi connectivity index (χ2v) is 5.11. The molecule has 2 aromatic heterocycles. The quantitative estimate of drug-likeness (QED) is 0.782. The lowest BCUT2D eigenvalue weighted by Gasteiger charge is -2.12. The second-order valence-electron chi connectivity index (χ2n) is 5.11. The third kappa shape index (κ3) is 3.45. The summed E-state index contributed by atoms with van der Waals surface area (Å²) in [5.74, 6) is 1.84. The second kappa shape index (κ2) is 6.87. The van der Waals surface area contributed by atoms with Crippen molar-refractivity contribution in [2.24, 2.45) is 0 Å². The Labute approximate surface area is 135 Å². The molecule has 0 saturated carbocycles. The van der Waals surface area contributed by atoms with Crippen LogP contribution in [0.1, 0.15) is 11.1 Å². The van der Waals surface area contributed by atoms with Crippen molar-refractivity contribution >= 4 is 5.82 Å². The van der Waals surface area contributed by atoms with E-state index in [9.17, 15) is 0 Å². The minimum atomic E-state index is 0.568. The molecule has 0 spiro atoms. The molecule has 0 aliphatic carbocycles. The Hall–Kier alpha value is -2.95. The Kier molecular flexibility index (Phi) is 4.47. The molecule has 0 amide bonds. The molecule has 0 aliphatic rings. The maximum absolute atomic E-state index is 5.35. The molecule has 0 radical (unpaired) electrons. The van der Waals surface area contributed by atoms with Gasteiger partial charge in [0.05, 0.1) is 13.3 Å². The number of hydrogen-bond acceptors (Lipinski definition) is 5. The van der Waals surface area contributed by atoms with Gasteiger partial charge in [0.15, 0.2) is 17.4 Å². The zero-order valence-electron chi connectivity index (χ0n) is 13.2. The lowest BCUT2D eigenvalue weighted by atomic mass is 10.1. The molecule has 3 rings (SSSR count). The highest BCUT2D eigenvalue weighted by molar-refractivity contribution is 5.57. The van der Waals surface area contributed by atoms with Crippen LogP contribution in [-0.4, -0.2) is 22.1 Å². The smallest absolute Gasteiger partial charge is 0.180 e. The number of aromatic nitrogens is 3. The highest BCUT2D eigenvalue weighted by atomic mass is 16.5. The van der Waals surface area contributed by atoms with Gasteiger partial charge in [-0.2, -0.15) is 0 Å². The predicted octanol–water partition coefficient (Wildman–Crippen LogP) is 3.47. The van der Waals surface area contributed by atoms with Gasteiger partial charge in [-0.3, -0.25) is 4.98 Å². The Morgan fingerprint density at radius 1 is 1.04 bits per heavy atom. The third-order valence-electron chi connectivity index (χ3n) is 3.58. The van der Waals surface area contributed by atoms with Crippen molar-refractivity contribution < 1.29 is 4.74 Å². The molecular weight excluding hydrogens is 288 g/mol. The normalized spacial score (nSPS) is 10.3. The number of methoxy groups -OCH3 is 1. The molecule has 2 heterocycles. The SMILES string of the molecule is COc1cnc(-c2ccccn2)nc1NCc1ccccc1C. The summed E-state index contributed by atoms with van der Waals surface area (Å²) in [5, 5.41) is 3.33. The van der Waals surface area contributed by atoms with Crippen LogP contribution < -0.4 is 10.1 Å². The van der Waals surface area contributed by atoms with Crippen LogP contribution >= 0.6 is 0 Å². The molecule has 0 fully saturated rings. The molecule has 0 aliphatic heterocycles. The number of anilines is 1. The van der Waals surface area contributed by atoms with E-state index in [-0.39, 0.29) is 0 Å². The van der Waals surface area contributed by atoms with Crippen molar-refractivity contribution in [3.05, 3.63) is 66.0 Å². The van der Waals surface area contributed by atoms with Gasteiger partial charge < -0.3 is 10.1 Å². The van der Waals surface area contributed by atoms with Gasteiger partial charge >= 0.3 is 0 Å². The van der Waals surface area contributed by atoms with Gasteiger partial charge in [0.25, 0.3) is 0 Å². The van der Waals surface area contributed by atoms with E-state index in [0.29, 0.717) is 23.9 Å². The van der Waals surface area contributed by atoms with Gasteiger partial charge in [0, 0.05) is 12.7 Å². The molecule has 1 aromatic carbocycles. The summed E-state index contributed by atoms with van der Waals surface area (Å²) in [6, 6.07) is 13.9. The van der Waals surface area contributed by atoms with Crippen LogP contribution in [0.4, 0.5) is 5.82 Å². The van der Waals surface area contributed by atoms with Gasteiger partial charge in [-0.15, -0.1) is 0 Å². The summed E-state index contributed by atoms with van der Waals surface area (Å²) < 4.78 is 5.35. The molecular formula is C18H18N4O. The largest absolute Gasteiger partial charge is 0.491 e. The van der Waals surface area contributed by atoms with Gasteiger partial charge in [-0.05, 0) is 30.2 Å². The van der Waals surface area contributed by atoms with Gasteiger partial charge in [-0.1, -0.05) is 30.3 Å². The Morgan fingerprint density at radius 3 is 2.61 bits per heavy atom. The first-order valence-electron chi connectivity index (χ1n) is 7.39. The van der Waals surface area contributed by atoms with Crippen LogP contribution in [0, 0.1) is 6.92 Å². The van der Waals surface area contributed by atoms with E-state index in [1.165, 1.54) is 11.1 Å². The highest BCUT2D eigenvalue weighted by Gasteiger charge is 2.10. The fourth-order valence-corrected chi connectivity index (χ4v) is 2.25. The van der Waals surface area contributed by atoms with E-state index in [2.05, 4.69) is 39.3 Å². The fourth-order valence-electron chi connectivity index (χ4n) is 2.25. The van der Waals surface area contributed by atoms with E-state index in [0.717, 1.165) is 5.69 Å². The van der Waals surface area contributed by atoms with E-state index < -0.39 is 0 Å². The number of pyridine rings is 1. The lowest BCUT2D eigenvalue weighted by Crippen LogP contribution is -2.06. The van der Waals surface area contributed by atoms with Gasteiger partial charge in [0.2, 0.25) is 0 Å². The molecule has 5 nitrogen and oxygen atoms in total. The van der Waals surface area contributed by atoms with E-state index >= 15 is 0 Å². The number of ether oxygens (including phenoxy) is 1. The van der Waals surface area contributed by atoms with Gasteiger partial charge in [-0.25, -0.2) is 9.97 Å². The average molecular weight is 306 g/mol. The number of nitrogens with one attached hydrogen (secondary N) is 1. The Balaban J connectivity index is 1.87. The third-order valence-corrected chi connectivity index (χ3v) is 3.58. The van der Waals surface area contributed by atoms with E-state index in [1.54, 1.807) is 19.5 Å². The van der Waals surface area contributed by atoms with E-state index in [4.69, 9.17) is 4.74 Å². The van der Waals surface area contributed by atoms with Crippen LogP contribution in [0.15, 0.2) is 54.9 Å². The minimum absolute atomic E-state index is 0.568. The fraction of sp³-hybridized carbons (Fsp3) is 0.167. The Morgan fingerprint density at radius 2 is 1.87 bits per heavy atom. The molecule has 0 bridgehead atoms. The number of nitrogens with zero attached hydrogens (tertiary/aromatic N) is 3.